The van der Waals surface area contributed by atoms with Crippen LogP contribution < -0.4 is 0 Å². The first-order chi connectivity index (χ1) is 13.6. The van der Waals surface area contributed by atoms with Crippen LogP contribution in [0.2, 0.25) is 0 Å². The summed E-state index contributed by atoms with van der Waals surface area (Å²) in [7, 11) is 0. The van der Waals surface area contributed by atoms with Gasteiger partial charge in [-0.2, -0.15) is 0 Å². The van der Waals surface area contributed by atoms with E-state index in [1.54, 1.807) is 28.4 Å². The summed E-state index contributed by atoms with van der Waals surface area (Å²) in [6, 6.07) is 8.57. The van der Waals surface area contributed by atoms with Gasteiger partial charge in [-0.1, -0.05) is 12.1 Å². The van der Waals surface area contributed by atoms with Crippen LogP contribution in [0, 0.1) is 18.7 Å². The van der Waals surface area contributed by atoms with Gasteiger partial charge in [0.05, 0.1) is 6.54 Å². The third-order valence-electron chi connectivity index (χ3n) is 5.97. The van der Waals surface area contributed by atoms with Crippen molar-refractivity contribution in [2.75, 3.05) is 19.6 Å². The Bertz CT molecular complexity index is 799. The van der Waals surface area contributed by atoms with Crippen LogP contribution in [-0.2, 0) is 17.7 Å². The van der Waals surface area contributed by atoms with Gasteiger partial charge in [-0.25, -0.2) is 9.18 Å². The van der Waals surface area contributed by atoms with Crippen molar-refractivity contribution in [2.45, 2.75) is 45.4 Å². The lowest BCUT2D eigenvalue weighted by atomic mass is 9.87. The largest absolute Gasteiger partial charge is 0.430 e. The molecule has 0 aliphatic carbocycles. The van der Waals surface area contributed by atoms with E-state index in [0.717, 1.165) is 25.1 Å². The predicted octanol–water partition coefficient (Wildman–Crippen LogP) is 4.82. The van der Waals surface area contributed by atoms with Crippen LogP contribution in [0.3, 0.4) is 0 Å². The molecule has 6 heteroatoms. The van der Waals surface area contributed by atoms with E-state index in [1.807, 2.05) is 0 Å². The lowest BCUT2D eigenvalue weighted by molar-refractivity contribution is -0.0914. The molecule has 1 amide bonds. The predicted molar refractivity (Wildman–Crippen MR) is 109 cm³/mol. The van der Waals surface area contributed by atoms with E-state index >= 15 is 0 Å². The summed E-state index contributed by atoms with van der Waals surface area (Å²) in [4.78, 5) is 18.3. The molecule has 1 atom stereocenters. The second kappa shape index (κ2) is 8.62. The number of halogens is 1. The highest BCUT2D eigenvalue weighted by atomic mass is 32.1. The van der Waals surface area contributed by atoms with Gasteiger partial charge in [-0.15, -0.1) is 11.3 Å². The Morgan fingerprint density at radius 3 is 2.61 bits per heavy atom. The van der Waals surface area contributed by atoms with Gasteiger partial charge in [0.15, 0.2) is 6.23 Å². The van der Waals surface area contributed by atoms with Gasteiger partial charge in [0.2, 0.25) is 0 Å². The first kappa shape index (κ1) is 19.4. The molecule has 1 unspecified atom stereocenters. The minimum atomic E-state index is -0.243. The fourth-order valence-corrected chi connectivity index (χ4v) is 5.03. The summed E-state index contributed by atoms with van der Waals surface area (Å²) in [5.74, 6) is 0.450. The molecule has 0 radical (unpaired) electrons. The van der Waals surface area contributed by atoms with E-state index in [4.69, 9.17) is 4.74 Å². The number of fused-ring (bicyclic) bond motifs is 3. The lowest BCUT2D eigenvalue weighted by Gasteiger charge is -2.44. The maximum atomic E-state index is 13.2. The maximum absolute atomic E-state index is 13.2. The van der Waals surface area contributed by atoms with Crippen molar-refractivity contribution in [1.82, 2.24) is 9.80 Å². The second-order valence-corrected chi connectivity index (χ2v) is 8.88. The van der Waals surface area contributed by atoms with Crippen LogP contribution in [0.1, 0.15) is 35.3 Å². The van der Waals surface area contributed by atoms with Gasteiger partial charge in [-0.3, -0.25) is 4.90 Å². The van der Waals surface area contributed by atoms with Crippen molar-refractivity contribution in [2.24, 2.45) is 5.92 Å². The molecule has 28 heavy (non-hydrogen) atoms. The third kappa shape index (κ3) is 4.55. The molecule has 0 N–H and O–H groups in total. The van der Waals surface area contributed by atoms with Crippen LogP contribution >= 0.6 is 11.3 Å². The molecule has 3 aliphatic heterocycles. The molecule has 150 valence electrons. The van der Waals surface area contributed by atoms with Gasteiger partial charge in [0.25, 0.3) is 0 Å². The number of thiophene rings is 1. The molecule has 4 nitrogen and oxygen atoms in total. The molecule has 1 aromatic carbocycles. The van der Waals surface area contributed by atoms with Crippen molar-refractivity contribution < 1.29 is 13.9 Å². The summed E-state index contributed by atoms with van der Waals surface area (Å²) in [5.41, 5.74) is 2.22. The number of aryl methyl sites for hydroxylation is 1. The number of benzene rings is 1. The quantitative estimate of drug-likeness (QED) is 0.695. The number of ether oxygens (including phenoxy) is 1. The SMILES string of the molecule is Cc1ccsc1CN(CCc1ccc(F)cc1)C(=O)OC1CC2CCN1CC2. The van der Waals surface area contributed by atoms with Crippen molar-refractivity contribution in [3.05, 3.63) is 57.5 Å². The maximum Gasteiger partial charge on any atom is 0.411 e. The van der Waals surface area contributed by atoms with Gasteiger partial charge in [0, 0.05) is 30.9 Å². The van der Waals surface area contributed by atoms with Crippen LogP contribution in [0.15, 0.2) is 35.7 Å². The van der Waals surface area contributed by atoms with Crippen molar-refractivity contribution >= 4 is 17.4 Å². The van der Waals surface area contributed by atoms with Crippen LogP contribution in [0.5, 0.6) is 0 Å². The molecular weight excluding hydrogens is 375 g/mol. The third-order valence-corrected chi connectivity index (χ3v) is 6.98. The zero-order valence-corrected chi connectivity index (χ0v) is 17.1. The molecule has 3 saturated heterocycles. The van der Waals surface area contributed by atoms with Crippen molar-refractivity contribution in [3.8, 4) is 0 Å². The minimum Gasteiger partial charge on any atom is -0.430 e. The van der Waals surface area contributed by atoms with Crippen molar-refractivity contribution in [3.63, 3.8) is 0 Å². The Morgan fingerprint density at radius 1 is 1.25 bits per heavy atom. The average Bonchev–Trinajstić information content (AvgIpc) is 3.12. The molecule has 3 fully saturated rings. The first-order valence-electron chi connectivity index (χ1n) is 10.1. The Hall–Kier alpha value is -1.92. The van der Waals surface area contributed by atoms with Gasteiger partial charge < -0.3 is 9.64 Å². The number of carbonyl (C=O) groups excluding carboxylic acids is 1. The molecule has 5 rings (SSSR count). The molecule has 0 saturated carbocycles. The number of amides is 1. The zero-order valence-electron chi connectivity index (χ0n) is 16.3. The highest BCUT2D eigenvalue weighted by Gasteiger charge is 2.36. The average molecular weight is 403 g/mol. The molecule has 4 heterocycles. The van der Waals surface area contributed by atoms with Crippen LogP contribution in [0.25, 0.3) is 0 Å². The van der Waals surface area contributed by atoms with Gasteiger partial charge in [0.1, 0.15) is 5.82 Å². The topological polar surface area (TPSA) is 32.8 Å². The second-order valence-electron chi connectivity index (χ2n) is 7.88. The lowest BCUT2D eigenvalue weighted by Crippen LogP contribution is -2.51. The Kier molecular flexibility index (Phi) is 5.97. The van der Waals surface area contributed by atoms with E-state index in [9.17, 15) is 9.18 Å². The first-order valence-corrected chi connectivity index (χ1v) is 10.9. The summed E-state index contributed by atoms with van der Waals surface area (Å²) in [6.07, 6.45) is 3.74. The highest BCUT2D eigenvalue weighted by molar-refractivity contribution is 7.10. The molecule has 3 aliphatic rings. The number of nitrogens with zero attached hydrogens (tertiary/aromatic N) is 2. The molecule has 2 bridgehead atoms. The fourth-order valence-electron chi connectivity index (χ4n) is 4.11. The van der Waals surface area contributed by atoms with E-state index in [0.29, 0.717) is 25.4 Å². The normalized spacial score (nSPS) is 23.6. The van der Waals surface area contributed by atoms with E-state index in [2.05, 4.69) is 23.3 Å². The van der Waals surface area contributed by atoms with Gasteiger partial charge in [-0.05, 0) is 66.8 Å². The van der Waals surface area contributed by atoms with E-state index < -0.39 is 0 Å². The van der Waals surface area contributed by atoms with E-state index in [-0.39, 0.29) is 18.1 Å². The fraction of sp³-hybridized carbons (Fsp3) is 0.500. The summed E-state index contributed by atoms with van der Waals surface area (Å²) >= 11 is 1.67. The molecule has 2 aromatic rings. The monoisotopic (exact) mass is 402 g/mol. The number of piperidine rings is 3. The molecule has 0 spiro atoms. The van der Waals surface area contributed by atoms with Crippen molar-refractivity contribution in [1.29, 1.82) is 0 Å². The summed E-state index contributed by atoms with van der Waals surface area (Å²) < 4.78 is 19.1. The molecular formula is C22H27FN2O2S. The van der Waals surface area contributed by atoms with E-state index in [1.165, 1.54) is 35.4 Å². The number of carbonyl (C=O) groups is 1. The summed E-state index contributed by atoms with van der Waals surface area (Å²) in [5, 5.41) is 2.06. The number of hydrogen-bond acceptors (Lipinski definition) is 4. The zero-order chi connectivity index (χ0) is 19.5. The minimum absolute atomic E-state index is 0.0854. The number of hydrogen-bond donors (Lipinski definition) is 0. The number of rotatable bonds is 6. The van der Waals surface area contributed by atoms with Crippen LogP contribution in [0.4, 0.5) is 9.18 Å². The van der Waals surface area contributed by atoms with Crippen LogP contribution in [-0.4, -0.2) is 41.8 Å². The Morgan fingerprint density at radius 2 is 2.00 bits per heavy atom. The standard InChI is InChI=1S/C22H27FN2O2S/c1-16-9-13-28-20(16)15-25(12-6-17-2-4-19(23)5-3-17)22(26)27-21-14-18-7-10-24(21)11-8-18/h2-5,9,13,18,21H,6-8,10-12,14-15H2,1H3. The highest BCUT2D eigenvalue weighted by Crippen LogP contribution is 2.32. The Balaban J connectivity index is 1.43. The summed E-state index contributed by atoms with van der Waals surface area (Å²) in [6.45, 7) is 5.24. The van der Waals surface area contributed by atoms with Gasteiger partial charge >= 0.3 is 6.09 Å². The molecule has 1 aromatic heterocycles. The smallest absolute Gasteiger partial charge is 0.411 e. The Labute approximate surface area is 169 Å².